The molecule has 0 saturated carbocycles. The lowest BCUT2D eigenvalue weighted by Crippen LogP contribution is -2.48. The van der Waals surface area contributed by atoms with Crippen molar-refractivity contribution in [1.82, 2.24) is 4.57 Å². The molecule has 7 heteroatoms. The molecule has 0 amide bonds. The van der Waals surface area contributed by atoms with Crippen LogP contribution in [-0.2, 0) is 22.9 Å². The maximum absolute atomic E-state index is 15.9. The minimum atomic E-state index is -3.23. The molecule has 4 nitrogen and oxygen atoms in total. The minimum absolute atomic E-state index is 0.0319. The van der Waals surface area contributed by atoms with Gasteiger partial charge in [0, 0.05) is 45.9 Å². The number of benzene rings is 2. The summed E-state index contributed by atoms with van der Waals surface area (Å²) in [6.45, 7) is 0.883. The molecule has 1 fully saturated rings. The van der Waals surface area contributed by atoms with Gasteiger partial charge in [-0.25, -0.2) is 0 Å². The van der Waals surface area contributed by atoms with Crippen LogP contribution in [0.3, 0.4) is 0 Å². The molecule has 1 unspecified atom stereocenters. The van der Waals surface area contributed by atoms with Gasteiger partial charge in [-0.3, -0.25) is 0 Å². The summed E-state index contributed by atoms with van der Waals surface area (Å²) >= 11 is 3.31. The van der Waals surface area contributed by atoms with E-state index in [1.807, 2.05) is 28.8 Å². The van der Waals surface area contributed by atoms with Crippen LogP contribution in [0.25, 0.3) is 10.9 Å². The molecule has 2 aromatic carbocycles. The molecule has 1 atom stereocenters. The average Bonchev–Trinajstić information content (AvgIpc) is 3.29. The topological polar surface area (TPSA) is 37.6 Å². The number of alkyl halides is 2. The van der Waals surface area contributed by atoms with Crippen LogP contribution in [0.1, 0.15) is 11.1 Å². The van der Waals surface area contributed by atoms with Crippen LogP contribution in [0.15, 0.2) is 53.1 Å². The Balaban J connectivity index is 1.81. The summed E-state index contributed by atoms with van der Waals surface area (Å²) in [4.78, 5) is 1.68. The standard InChI is InChI=1S/C20H17BrF2N2O2/c21-13-5-6-18-15(11-13)19(22,23)20(25(18)8-10-27-20)16-12-24(7-9-26)17-4-2-1-3-14(16)17/h1-6,11-12,26H,7-10H2. The van der Waals surface area contributed by atoms with E-state index in [1.54, 1.807) is 23.2 Å². The Bertz CT molecular complexity index is 1050. The van der Waals surface area contributed by atoms with Gasteiger partial charge in [0.05, 0.1) is 18.8 Å². The Hall–Kier alpha value is -1.96. The van der Waals surface area contributed by atoms with E-state index in [1.165, 1.54) is 6.07 Å². The molecule has 2 aliphatic rings. The van der Waals surface area contributed by atoms with Gasteiger partial charge < -0.3 is 19.3 Å². The number of aromatic nitrogens is 1. The highest BCUT2D eigenvalue weighted by Crippen LogP contribution is 2.62. The van der Waals surface area contributed by atoms with Crippen molar-refractivity contribution >= 4 is 32.5 Å². The summed E-state index contributed by atoms with van der Waals surface area (Å²) in [6, 6.07) is 12.4. The highest BCUT2D eigenvalue weighted by atomic mass is 79.9. The third kappa shape index (κ3) is 2.07. The molecule has 3 heterocycles. The van der Waals surface area contributed by atoms with Crippen molar-refractivity contribution in [3.8, 4) is 0 Å². The summed E-state index contributed by atoms with van der Waals surface area (Å²) in [5.41, 5.74) is -0.174. The third-order valence-electron chi connectivity index (χ3n) is 5.51. The lowest BCUT2D eigenvalue weighted by atomic mass is 9.94. The van der Waals surface area contributed by atoms with E-state index < -0.39 is 11.6 Å². The molecule has 1 saturated heterocycles. The van der Waals surface area contributed by atoms with Crippen LogP contribution < -0.4 is 4.90 Å². The summed E-state index contributed by atoms with van der Waals surface area (Å²) < 4.78 is 40.1. The largest absolute Gasteiger partial charge is 0.395 e. The number of fused-ring (bicyclic) bond motifs is 4. The van der Waals surface area contributed by atoms with E-state index in [2.05, 4.69) is 15.9 Å². The maximum atomic E-state index is 15.9. The quantitative estimate of drug-likeness (QED) is 0.671. The predicted octanol–water partition coefficient (Wildman–Crippen LogP) is 4.19. The predicted molar refractivity (Wildman–Crippen MR) is 102 cm³/mol. The van der Waals surface area contributed by atoms with Gasteiger partial charge in [0.1, 0.15) is 0 Å². The molecule has 5 rings (SSSR count). The summed E-state index contributed by atoms with van der Waals surface area (Å²) in [5.74, 6) is -3.23. The number of rotatable bonds is 3. The van der Waals surface area contributed by atoms with Crippen molar-refractivity contribution < 1.29 is 18.6 Å². The molecular formula is C20H17BrF2N2O2. The summed E-state index contributed by atoms with van der Waals surface area (Å²) in [7, 11) is 0. The van der Waals surface area contributed by atoms with Crippen molar-refractivity contribution in [3.63, 3.8) is 0 Å². The molecule has 27 heavy (non-hydrogen) atoms. The number of aliphatic hydroxyl groups is 1. The van der Waals surface area contributed by atoms with Gasteiger partial charge >= 0.3 is 5.92 Å². The Morgan fingerprint density at radius 1 is 1.15 bits per heavy atom. The molecule has 0 bridgehead atoms. The fourth-order valence-electron chi connectivity index (χ4n) is 4.45. The van der Waals surface area contributed by atoms with Crippen molar-refractivity contribution in [2.45, 2.75) is 18.2 Å². The van der Waals surface area contributed by atoms with E-state index in [0.29, 0.717) is 34.2 Å². The molecule has 140 valence electrons. The number of aliphatic hydroxyl groups excluding tert-OH is 1. The van der Waals surface area contributed by atoms with Crippen LogP contribution in [0.4, 0.5) is 14.5 Å². The number of halogens is 3. The first-order valence-electron chi connectivity index (χ1n) is 8.79. The molecule has 3 aromatic rings. The van der Waals surface area contributed by atoms with Gasteiger partial charge in [-0.15, -0.1) is 0 Å². The van der Waals surface area contributed by atoms with E-state index >= 15 is 8.78 Å². The SMILES string of the molecule is OCCn1cc(C23OCCN2c2ccc(Br)cc2C3(F)F)c2ccccc21. The first-order valence-corrected chi connectivity index (χ1v) is 9.58. The zero-order valence-corrected chi connectivity index (χ0v) is 15.9. The van der Waals surface area contributed by atoms with Gasteiger partial charge in [0.2, 0.25) is 5.72 Å². The summed E-state index contributed by atoms with van der Waals surface area (Å²) in [5, 5.41) is 10.1. The molecule has 0 radical (unpaired) electrons. The number of hydrogen-bond acceptors (Lipinski definition) is 3. The van der Waals surface area contributed by atoms with E-state index in [4.69, 9.17) is 4.74 Å². The third-order valence-corrected chi connectivity index (χ3v) is 6.01. The summed E-state index contributed by atoms with van der Waals surface area (Å²) in [6.07, 6.45) is 1.70. The van der Waals surface area contributed by atoms with Gasteiger partial charge in [-0.1, -0.05) is 34.1 Å². The monoisotopic (exact) mass is 434 g/mol. The Morgan fingerprint density at radius 3 is 2.78 bits per heavy atom. The second-order valence-electron chi connectivity index (χ2n) is 6.86. The highest BCUT2D eigenvalue weighted by Gasteiger charge is 2.69. The molecule has 0 spiro atoms. The van der Waals surface area contributed by atoms with E-state index in [-0.39, 0.29) is 18.8 Å². The van der Waals surface area contributed by atoms with E-state index in [9.17, 15) is 5.11 Å². The number of nitrogens with zero attached hydrogens (tertiary/aromatic N) is 2. The number of ether oxygens (including phenoxy) is 1. The number of para-hydroxylation sites is 1. The second kappa shape index (κ2) is 5.77. The minimum Gasteiger partial charge on any atom is -0.395 e. The average molecular weight is 435 g/mol. The maximum Gasteiger partial charge on any atom is 0.326 e. The van der Waals surface area contributed by atoms with Gasteiger partial charge in [0.25, 0.3) is 0 Å². The Kier molecular flexibility index (Phi) is 3.67. The van der Waals surface area contributed by atoms with Gasteiger partial charge in [-0.05, 0) is 24.3 Å². The van der Waals surface area contributed by atoms with Crippen molar-refractivity contribution in [2.24, 2.45) is 0 Å². The van der Waals surface area contributed by atoms with Gasteiger partial charge in [0.15, 0.2) is 0 Å². The Morgan fingerprint density at radius 2 is 1.96 bits per heavy atom. The van der Waals surface area contributed by atoms with Crippen molar-refractivity contribution in [3.05, 3.63) is 64.3 Å². The van der Waals surface area contributed by atoms with Crippen LogP contribution in [0.5, 0.6) is 0 Å². The molecule has 0 aliphatic carbocycles. The fourth-order valence-corrected chi connectivity index (χ4v) is 4.81. The van der Waals surface area contributed by atoms with Crippen LogP contribution >= 0.6 is 15.9 Å². The molecular weight excluding hydrogens is 418 g/mol. The van der Waals surface area contributed by atoms with Crippen molar-refractivity contribution in [1.29, 1.82) is 0 Å². The first kappa shape index (κ1) is 17.2. The fraction of sp³-hybridized carbons (Fsp3) is 0.300. The second-order valence-corrected chi connectivity index (χ2v) is 7.77. The normalized spacial score (nSPS) is 23.0. The zero-order chi connectivity index (χ0) is 18.8. The van der Waals surface area contributed by atoms with Crippen LogP contribution in [0, 0.1) is 0 Å². The highest BCUT2D eigenvalue weighted by molar-refractivity contribution is 9.10. The zero-order valence-electron chi connectivity index (χ0n) is 14.3. The number of anilines is 1. The van der Waals surface area contributed by atoms with Crippen LogP contribution in [0.2, 0.25) is 0 Å². The van der Waals surface area contributed by atoms with Crippen LogP contribution in [-0.4, -0.2) is 29.4 Å². The first-order chi connectivity index (χ1) is 13.0. The van der Waals surface area contributed by atoms with E-state index in [0.717, 1.165) is 5.52 Å². The number of hydrogen-bond donors (Lipinski definition) is 1. The van der Waals surface area contributed by atoms with Gasteiger partial charge in [-0.2, -0.15) is 8.78 Å². The Labute approximate surface area is 163 Å². The molecule has 1 aromatic heterocycles. The smallest absolute Gasteiger partial charge is 0.326 e. The molecule has 1 N–H and O–H groups in total. The lowest BCUT2D eigenvalue weighted by molar-refractivity contribution is -0.189. The molecule has 2 aliphatic heterocycles. The van der Waals surface area contributed by atoms with Crippen molar-refractivity contribution in [2.75, 3.05) is 24.7 Å². The lowest BCUT2D eigenvalue weighted by Gasteiger charge is -2.36.